The summed E-state index contributed by atoms with van der Waals surface area (Å²) < 4.78 is 38.8. The van der Waals surface area contributed by atoms with Crippen molar-refractivity contribution < 1.29 is 32.6 Å². The number of ether oxygens (including phenoxy) is 2. The fourth-order valence-corrected chi connectivity index (χ4v) is 4.62. The lowest BCUT2D eigenvalue weighted by Crippen LogP contribution is -2.20. The van der Waals surface area contributed by atoms with E-state index in [1.54, 1.807) is 6.92 Å². The molecule has 2 atom stereocenters. The summed E-state index contributed by atoms with van der Waals surface area (Å²) in [5.41, 5.74) is 0. The number of hydrogen-bond donors (Lipinski definition) is 0. The molecule has 0 spiro atoms. The van der Waals surface area contributed by atoms with Crippen LogP contribution in [0.3, 0.4) is 0 Å². The van der Waals surface area contributed by atoms with Gasteiger partial charge in [0, 0.05) is 25.7 Å². The number of esters is 2. The third-order valence-corrected chi connectivity index (χ3v) is 7.08. The largest absolute Gasteiger partial charge is 0.462 e. The van der Waals surface area contributed by atoms with Crippen LogP contribution >= 0.6 is 0 Å². The topological polar surface area (TPSA) is 72.9 Å². The van der Waals surface area contributed by atoms with Gasteiger partial charge in [-0.05, 0) is 91.1 Å². The first kappa shape index (κ1) is 39.2. The van der Waals surface area contributed by atoms with Gasteiger partial charge in [0.1, 0.15) is 18.5 Å². The maximum Gasteiger partial charge on any atom is 0.306 e. The Morgan fingerprint density at radius 1 is 0.780 bits per heavy atom. The predicted molar refractivity (Wildman–Crippen MR) is 162 cm³/mol. The van der Waals surface area contributed by atoms with E-state index in [9.17, 15) is 23.2 Å². The number of carbonyl (C=O) groups excluding carboxylic acids is 3. The standard InChI is InChI=1S/C33H59F2NO5/c1-5-6-17-25-33(34,35)26-24-29(2)40-31(38)22-16-12-9-11-15-21-30(20-14-10-7-8-13-18-28-37)41-32(39)23-19-27-36(3)4/h24,26,28-30H,5-23,25,27H2,1-4H3/b26-24-. The number of unbranched alkanes of at least 4 members (excludes halogenated alkanes) is 11. The highest BCUT2D eigenvalue weighted by Crippen LogP contribution is 2.24. The molecule has 0 aromatic heterocycles. The maximum atomic E-state index is 13.8. The van der Waals surface area contributed by atoms with Gasteiger partial charge in [-0.1, -0.05) is 58.3 Å². The molecule has 6 nitrogen and oxygen atoms in total. The molecular formula is C33H59F2NO5. The van der Waals surface area contributed by atoms with Crippen molar-refractivity contribution in [2.75, 3.05) is 20.6 Å². The summed E-state index contributed by atoms with van der Waals surface area (Å²) in [4.78, 5) is 36.9. The molecule has 0 radical (unpaired) electrons. The summed E-state index contributed by atoms with van der Waals surface area (Å²) in [6, 6.07) is 0. The molecule has 0 rings (SSSR count). The minimum Gasteiger partial charge on any atom is -0.462 e. The molecule has 0 aromatic rings. The van der Waals surface area contributed by atoms with Crippen LogP contribution in [0.1, 0.15) is 142 Å². The molecule has 0 N–H and O–H groups in total. The van der Waals surface area contributed by atoms with Gasteiger partial charge in [0.05, 0.1) is 0 Å². The van der Waals surface area contributed by atoms with E-state index < -0.39 is 12.0 Å². The summed E-state index contributed by atoms with van der Waals surface area (Å²) in [6.07, 6.45) is 18.0. The monoisotopic (exact) mass is 587 g/mol. The van der Waals surface area contributed by atoms with Crippen molar-refractivity contribution in [3.05, 3.63) is 12.2 Å². The van der Waals surface area contributed by atoms with Gasteiger partial charge in [0.2, 0.25) is 0 Å². The molecule has 0 fully saturated rings. The molecule has 2 unspecified atom stereocenters. The van der Waals surface area contributed by atoms with E-state index in [1.165, 1.54) is 6.08 Å². The number of hydrogen-bond acceptors (Lipinski definition) is 6. The Labute approximate surface area is 249 Å². The Hall–Kier alpha value is -1.83. The predicted octanol–water partition coefficient (Wildman–Crippen LogP) is 8.60. The van der Waals surface area contributed by atoms with Crippen LogP contribution in [0.5, 0.6) is 0 Å². The normalized spacial score (nSPS) is 13.4. The van der Waals surface area contributed by atoms with Crippen LogP contribution in [-0.4, -0.2) is 61.9 Å². The first-order valence-corrected chi connectivity index (χ1v) is 16.1. The van der Waals surface area contributed by atoms with Crippen LogP contribution in [-0.2, 0) is 23.9 Å². The number of carbonyl (C=O) groups is 3. The third-order valence-electron chi connectivity index (χ3n) is 7.08. The SMILES string of the molecule is CCCCCC(F)(F)/C=C\C(C)OC(=O)CCCCCCCC(CCCCCCCC=O)OC(=O)CCCN(C)C. The Morgan fingerprint density at radius 2 is 1.34 bits per heavy atom. The first-order chi connectivity index (χ1) is 19.6. The highest BCUT2D eigenvalue weighted by Gasteiger charge is 2.24. The second-order valence-electron chi connectivity index (χ2n) is 11.6. The fourth-order valence-electron chi connectivity index (χ4n) is 4.62. The zero-order valence-corrected chi connectivity index (χ0v) is 26.5. The maximum absolute atomic E-state index is 13.8. The van der Waals surface area contributed by atoms with Crippen LogP contribution in [0.15, 0.2) is 12.2 Å². The number of aldehydes is 1. The highest BCUT2D eigenvalue weighted by molar-refractivity contribution is 5.69. The molecule has 0 amide bonds. The van der Waals surface area contributed by atoms with Gasteiger partial charge in [-0.25, -0.2) is 8.78 Å². The molecule has 0 aliphatic rings. The van der Waals surface area contributed by atoms with Gasteiger partial charge in [0.25, 0.3) is 5.92 Å². The minimum atomic E-state index is -2.86. The molecule has 0 aliphatic heterocycles. The van der Waals surface area contributed by atoms with Gasteiger partial charge in [-0.2, -0.15) is 0 Å². The Kier molecular flexibility index (Phi) is 24.7. The van der Waals surface area contributed by atoms with Crippen LogP contribution in [0, 0.1) is 0 Å². The molecule has 0 heterocycles. The van der Waals surface area contributed by atoms with E-state index in [4.69, 9.17) is 9.47 Å². The number of alkyl halides is 2. The second-order valence-corrected chi connectivity index (χ2v) is 11.6. The summed E-state index contributed by atoms with van der Waals surface area (Å²) in [7, 11) is 3.98. The van der Waals surface area contributed by atoms with Crippen LogP contribution in [0.25, 0.3) is 0 Å². The van der Waals surface area contributed by atoms with Crippen molar-refractivity contribution in [3.8, 4) is 0 Å². The quantitative estimate of drug-likeness (QED) is 0.0395. The Morgan fingerprint density at radius 3 is 1.95 bits per heavy atom. The van der Waals surface area contributed by atoms with Gasteiger partial charge in [-0.3, -0.25) is 9.59 Å². The van der Waals surface area contributed by atoms with E-state index in [2.05, 4.69) is 4.90 Å². The smallest absolute Gasteiger partial charge is 0.306 e. The average Bonchev–Trinajstić information content (AvgIpc) is 2.90. The zero-order chi connectivity index (χ0) is 30.8. The Balaban J connectivity index is 4.23. The Bertz CT molecular complexity index is 699. The van der Waals surface area contributed by atoms with E-state index >= 15 is 0 Å². The molecular weight excluding hydrogens is 528 g/mol. The molecule has 8 heteroatoms. The van der Waals surface area contributed by atoms with Crippen LogP contribution < -0.4 is 0 Å². The molecule has 0 aliphatic carbocycles. The summed E-state index contributed by atoms with van der Waals surface area (Å²) in [6.45, 7) is 4.44. The highest BCUT2D eigenvalue weighted by atomic mass is 19.3. The number of allylic oxidation sites excluding steroid dienone is 1. The number of rotatable bonds is 28. The van der Waals surface area contributed by atoms with E-state index in [0.29, 0.717) is 25.7 Å². The van der Waals surface area contributed by atoms with Crippen molar-refractivity contribution in [2.24, 2.45) is 0 Å². The van der Waals surface area contributed by atoms with E-state index in [1.807, 2.05) is 21.0 Å². The van der Waals surface area contributed by atoms with Crippen molar-refractivity contribution in [1.29, 1.82) is 0 Å². The number of halogens is 2. The average molecular weight is 588 g/mol. The van der Waals surface area contributed by atoms with E-state index in [0.717, 1.165) is 109 Å². The van der Waals surface area contributed by atoms with Crippen molar-refractivity contribution >= 4 is 18.2 Å². The summed E-state index contributed by atoms with van der Waals surface area (Å²) in [5.74, 6) is -3.34. The second kappa shape index (κ2) is 25.8. The van der Waals surface area contributed by atoms with E-state index in [-0.39, 0.29) is 30.9 Å². The fraction of sp³-hybridized carbons (Fsp3) is 0.848. The summed E-state index contributed by atoms with van der Waals surface area (Å²) >= 11 is 0. The van der Waals surface area contributed by atoms with Gasteiger partial charge < -0.3 is 19.2 Å². The van der Waals surface area contributed by atoms with Gasteiger partial charge in [0.15, 0.2) is 0 Å². The molecule has 0 bridgehead atoms. The van der Waals surface area contributed by atoms with Crippen molar-refractivity contribution in [3.63, 3.8) is 0 Å². The lowest BCUT2D eigenvalue weighted by molar-refractivity contribution is -0.150. The number of nitrogens with zero attached hydrogens (tertiary/aromatic N) is 1. The van der Waals surface area contributed by atoms with Crippen LogP contribution in [0.4, 0.5) is 8.78 Å². The van der Waals surface area contributed by atoms with Gasteiger partial charge in [-0.15, -0.1) is 0 Å². The first-order valence-electron chi connectivity index (χ1n) is 16.1. The summed E-state index contributed by atoms with van der Waals surface area (Å²) in [5, 5.41) is 0. The van der Waals surface area contributed by atoms with Gasteiger partial charge >= 0.3 is 11.9 Å². The minimum absolute atomic E-state index is 0.0552. The molecule has 0 aromatic carbocycles. The molecule has 41 heavy (non-hydrogen) atoms. The zero-order valence-electron chi connectivity index (χ0n) is 26.5. The lowest BCUT2D eigenvalue weighted by Gasteiger charge is -2.18. The lowest BCUT2D eigenvalue weighted by atomic mass is 10.0. The van der Waals surface area contributed by atoms with Crippen molar-refractivity contribution in [2.45, 2.75) is 160 Å². The third kappa shape index (κ3) is 26.8. The van der Waals surface area contributed by atoms with Crippen LogP contribution in [0.2, 0.25) is 0 Å². The molecule has 0 saturated heterocycles. The molecule has 240 valence electrons. The van der Waals surface area contributed by atoms with Crippen molar-refractivity contribution in [1.82, 2.24) is 4.90 Å². The molecule has 0 saturated carbocycles.